The minimum atomic E-state index is -0.615. The van der Waals surface area contributed by atoms with Crippen molar-refractivity contribution in [1.82, 2.24) is 14.6 Å². The molecule has 7 nitrogen and oxygen atoms in total. The summed E-state index contributed by atoms with van der Waals surface area (Å²) in [7, 11) is 0. The monoisotopic (exact) mass is 339 g/mol. The molecular weight excluding hydrogens is 325 g/mol. The van der Waals surface area contributed by atoms with E-state index in [1.165, 1.54) is 28.9 Å². The second-order valence-corrected chi connectivity index (χ2v) is 5.83. The van der Waals surface area contributed by atoms with E-state index in [4.69, 9.17) is 0 Å². The molecule has 2 aromatic heterocycles. The van der Waals surface area contributed by atoms with Gasteiger partial charge in [0.15, 0.2) is 11.9 Å². The van der Waals surface area contributed by atoms with Crippen LogP contribution in [0.5, 0.6) is 0 Å². The molecule has 1 fully saturated rings. The van der Waals surface area contributed by atoms with Crippen molar-refractivity contribution in [3.63, 3.8) is 0 Å². The summed E-state index contributed by atoms with van der Waals surface area (Å²) in [6.45, 7) is 0. The SMILES string of the molecule is O=Cc1cnn2c(NC3CC3)cc(NC(=O)c3ccccc3F)nc12. The fourth-order valence-electron chi connectivity index (χ4n) is 2.50. The number of fused-ring (bicyclic) bond motifs is 1. The first kappa shape index (κ1) is 15.3. The maximum Gasteiger partial charge on any atom is 0.259 e. The van der Waals surface area contributed by atoms with E-state index in [2.05, 4.69) is 20.7 Å². The highest BCUT2D eigenvalue weighted by Gasteiger charge is 2.23. The Labute approximate surface area is 141 Å². The summed E-state index contributed by atoms with van der Waals surface area (Å²) in [5.74, 6) is -0.397. The van der Waals surface area contributed by atoms with Gasteiger partial charge >= 0.3 is 0 Å². The predicted molar refractivity (Wildman–Crippen MR) is 89.4 cm³/mol. The molecule has 0 atom stereocenters. The number of hydrogen-bond donors (Lipinski definition) is 2. The third-order valence-corrected chi connectivity index (χ3v) is 3.92. The van der Waals surface area contributed by atoms with Crippen LogP contribution in [0.25, 0.3) is 5.65 Å². The summed E-state index contributed by atoms with van der Waals surface area (Å²) in [5, 5.41) is 10.0. The van der Waals surface area contributed by atoms with Crippen LogP contribution < -0.4 is 10.6 Å². The number of nitrogens with zero attached hydrogens (tertiary/aromatic N) is 3. The molecule has 1 aliphatic rings. The van der Waals surface area contributed by atoms with Gasteiger partial charge in [0.1, 0.15) is 17.5 Å². The van der Waals surface area contributed by atoms with Crippen molar-refractivity contribution in [3.05, 3.63) is 53.5 Å². The smallest absolute Gasteiger partial charge is 0.259 e. The normalized spacial score (nSPS) is 13.6. The van der Waals surface area contributed by atoms with Gasteiger partial charge < -0.3 is 10.6 Å². The van der Waals surface area contributed by atoms with Crippen molar-refractivity contribution in [2.75, 3.05) is 10.6 Å². The second-order valence-electron chi connectivity index (χ2n) is 5.83. The van der Waals surface area contributed by atoms with Crippen LogP contribution in [-0.2, 0) is 0 Å². The molecule has 0 radical (unpaired) electrons. The molecule has 0 spiro atoms. The fraction of sp³-hybridized carbons (Fsp3) is 0.176. The molecule has 0 unspecified atom stereocenters. The van der Waals surface area contributed by atoms with E-state index in [1.54, 1.807) is 12.1 Å². The molecule has 1 aromatic carbocycles. The number of nitrogens with one attached hydrogen (secondary N) is 2. The van der Waals surface area contributed by atoms with E-state index in [0.717, 1.165) is 12.8 Å². The predicted octanol–water partition coefficient (Wildman–Crippen LogP) is 2.51. The van der Waals surface area contributed by atoms with Gasteiger partial charge in [-0.2, -0.15) is 9.61 Å². The molecule has 0 saturated heterocycles. The van der Waals surface area contributed by atoms with Gasteiger partial charge in [0.2, 0.25) is 0 Å². The van der Waals surface area contributed by atoms with Crippen LogP contribution in [0.1, 0.15) is 33.6 Å². The molecule has 1 amide bonds. The van der Waals surface area contributed by atoms with E-state index >= 15 is 0 Å². The first-order valence-corrected chi connectivity index (χ1v) is 7.82. The Bertz CT molecular complexity index is 980. The molecule has 1 saturated carbocycles. The maximum absolute atomic E-state index is 13.8. The highest BCUT2D eigenvalue weighted by molar-refractivity contribution is 6.04. The summed E-state index contributed by atoms with van der Waals surface area (Å²) >= 11 is 0. The molecule has 0 bridgehead atoms. The van der Waals surface area contributed by atoms with Crippen LogP contribution >= 0.6 is 0 Å². The third-order valence-electron chi connectivity index (χ3n) is 3.92. The second kappa shape index (κ2) is 5.97. The van der Waals surface area contributed by atoms with E-state index in [9.17, 15) is 14.0 Å². The minimum Gasteiger partial charge on any atom is -0.367 e. The number of carbonyl (C=O) groups is 2. The lowest BCUT2D eigenvalue weighted by molar-refractivity contribution is 0.102. The number of anilines is 2. The molecule has 8 heteroatoms. The molecule has 25 heavy (non-hydrogen) atoms. The number of halogens is 1. The topological polar surface area (TPSA) is 88.4 Å². The highest BCUT2D eigenvalue weighted by Crippen LogP contribution is 2.27. The summed E-state index contributed by atoms with van der Waals surface area (Å²) in [6, 6.07) is 7.65. The molecular formula is C17H14FN5O2. The van der Waals surface area contributed by atoms with Gasteiger partial charge in [0.05, 0.1) is 17.3 Å². The number of aldehydes is 1. The van der Waals surface area contributed by atoms with Crippen LogP contribution in [0.2, 0.25) is 0 Å². The summed E-state index contributed by atoms with van der Waals surface area (Å²) < 4.78 is 15.3. The Kier molecular flexibility index (Phi) is 3.64. The van der Waals surface area contributed by atoms with E-state index in [1.807, 2.05) is 0 Å². The fourth-order valence-corrected chi connectivity index (χ4v) is 2.50. The number of carbonyl (C=O) groups excluding carboxylic acids is 2. The maximum atomic E-state index is 13.8. The lowest BCUT2D eigenvalue weighted by Gasteiger charge is -2.11. The van der Waals surface area contributed by atoms with Gasteiger partial charge in [0.25, 0.3) is 5.91 Å². The van der Waals surface area contributed by atoms with Crippen molar-refractivity contribution < 1.29 is 14.0 Å². The molecule has 1 aliphatic carbocycles. The number of amides is 1. The zero-order valence-electron chi connectivity index (χ0n) is 13.1. The van der Waals surface area contributed by atoms with Crippen molar-refractivity contribution in [3.8, 4) is 0 Å². The standard InChI is InChI=1S/C17H14FN5O2/c18-13-4-2-1-3-12(13)17(25)22-14-7-15(20-11-5-6-11)23-16(21-14)10(9-24)8-19-23/h1-4,7-9,11,20H,5-6H2,(H,21,22,25). The van der Waals surface area contributed by atoms with Crippen molar-refractivity contribution in [2.24, 2.45) is 0 Å². The molecule has 2 heterocycles. The Morgan fingerprint density at radius 2 is 2.12 bits per heavy atom. The van der Waals surface area contributed by atoms with Crippen LogP contribution in [0.4, 0.5) is 16.0 Å². The third kappa shape index (κ3) is 2.93. The van der Waals surface area contributed by atoms with E-state index in [0.29, 0.717) is 29.4 Å². The quantitative estimate of drug-likeness (QED) is 0.697. The largest absolute Gasteiger partial charge is 0.367 e. The van der Waals surface area contributed by atoms with Crippen LogP contribution in [0, 0.1) is 5.82 Å². The van der Waals surface area contributed by atoms with E-state index < -0.39 is 11.7 Å². The lowest BCUT2D eigenvalue weighted by atomic mass is 10.2. The Morgan fingerprint density at radius 3 is 2.84 bits per heavy atom. The average molecular weight is 339 g/mol. The zero-order valence-corrected chi connectivity index (χ0v) is 13.1. The average Bonchev–Trinajstić information content (AvgIpc) is 3.32. The lowest BCUT2D eigenvalue weighted by Crippen LogP contribution is -2.16. The number of rotatable bonds is 5. The molecule has 3 aromatic rings. The van der Waals surface area contributed by atoms with Gasteiger partial charge in [-0.3, -0.25) is 9.59 Å². The van der Waals surface area contributed by atoms with Gasteiger partial charge in [-0.15, -0.1) is 0 Å². The van der Waals surface area contributed by atoms with Gasteiger partial charge in [-0.05, 0) is 25.0 Å². The van der Waals surface area contributed by atoms with Crippen LogP contribution in [0.15, 0.2) is 36.5 Å². The molecule has 2 N–H and O–H groups in total. The first-order chi connectivity index (χ1) is 12.2. The van der Waals surface area contributed by atoms with Gasteiger partial charge in [0, 0.05) is 12.1 Å². The van der Waals surface area contributed by atoms with Crippen LogP contribution in [-0.4, -0.2) is 32.8 Å². The summed E-state index contributed by atoms with van der Waals surface area (Å²) in [6.07, 6.45) is 4.15. The van der Waals surface area contributed by atoms with Crippen molar-refractivity contribution in [1.29, 1.82) is 0 Å². The molecule has 0 aliphatic heterocycles. The molecule has 4 rings (SSSR count). The van der Waals surface area contributed by atoms with Crippen LogP contribution in [0.3, 0.4) is 0 Å². The minimum absolute atomic E-state index is 0.0787. The number of aromatic nitrogens is 3. The Balaban J connectivity index is 1.72. The Morgan fingerprint density at radius 1 is 1.32 bits per heavy atom. The van der Waals surface area contributed by atoms with Crippen molar-refractivity contribution in [2.45, 2.75) is 18.9 Å². The highest BCUT2D eigenvalue weighted by atomic mass is 19.1. The Hall–Kier alpha value is -3.29. The van der Waals surface area contributed by atoms with Gasteiger partial charge in [-0.25, -0.2) is 9.37 Å². The zero-order chi connectivity index (χ0) is 17.4. The van der Waals surface area contributed by atoms with E-state index in [-0.39, 0.29) is 11.4 Å². The summed E-state index contributed by atoms with van der Waals surface area (Å²) in [5.41, 5.74) is 0.551. The van der Waals surface area contributed by atoms with Gasteiger partial charge in [-0.1, -0.05) is 12.1 Å². The van der Waals surface area contributed by atoms with Crippen molar-refractivity contribution >= 4 is 29.5 Å². The number of benzene rings is 1. The first-order valence-electron chi connectivity index (χ1n) is 7.82. The number of hydrogen-bond acceptors (Lipinski definition) is 5. The molecule has 126 valence electrons. The summed E-state index contributed by atoms with van der Waals surface area (Å²) in [4.78, 5) is 27.7.